The third kappa shape index (κ3) is 5.84. The number of carbonyl (C=O) groups is 1. The molecule has 0 aliphatic carbocycles. The first-order valence-corrected chi connectivity index (χ1v) is 12.0. The SMILES string of the molecule is CCCCN(CCCC)Cn1c(O)c(N=NC(=O)c2ccc(C)cc2)c2cc(Br)ccc21. The van der Waals surface area contributed by atoms with Gasteiger partial charge in [0.25, 0.3) is 5.91 Å². The number of nitrogens with zero attached hydrogens (tertiary/aromatic N) is 4. The van der Waals surface area contributed by atoms with Gasteiger partial charge in [-0.3, -0.25) is 14.3 Å². The summed E-state index contributed by atoms with van der Waals surface area (Å²) in [6.45, 7) is 8.82. The van der Waals surface area contributed by atoms with Crippen LogP contribution in [0.15, 0.2) is 57.2 Å². The number of aromatic nitrogens is 1. The van der Waals surface area contributed by atoms with Crippen LogP contribution in [0, 0.1) is 6.92 Å². The first-order valence-electron chi connectivity index (χ1n) is 11.2. The molecule has 1 amide bonds. The van der Waals surface area contributed by atoms with E-state index in [2.05, 4.69) is 44.9 Å². The number of carbonyl (C=O) groups excluding carboxylic acids is 1. The molecule has 0 bridgehead atoms. The molecule has 0 unspecified atom stereocenters. The Morgan fingerprint density at radius 1 is 1.06 bits per heavy atom. The van der Waals surface area contributed by atoms with Gasteiger partial charge in [-0.15, -0.1) is 10.2 Å². The number of benzene rings is 2. The normalized spacial score (nSPS) is 11.8. The molecule has 32 heavy (non-hydrogen) atoms. The van der Waals surface area contributed by atoms with E-state index in [1.54, 1.807) is 12.1 Å². The molecule has 6 nitrogen and oxygen atoms in total. The molecule has 0 aliphatic heterocycles. The van der Waals surface area contributed by atoms with E-state index < -0.39 is 5.91 Å². The Balaban J connectivity index is 1.96. The average Bonchev–Trinajstić information content (AvgIpc) is 3.04. The number of aryl methyl sites for hydroxylation is 1. The molecule has 0 saturated heterocycles. The minimum Gasteiger partial charge on any atom is -0.493 e. The summed E-state index contributed by atoms with van der Waals surface area (Å²) in [5.74, 6) is -0.413. The van der Waals surface area contributed by atoms with E-state index in [-0.39, 0.29) is 5.88 Å². The quantitative estimate of drug-likeness (QED) is 0.300. The summed E-state index contributed by atoms with van der Waals surface area (Å²) in [7, 11) is 0. The van der Waals surface area contributed by atoms with E-state index in [1.807, 2.05) is 41.8 Å². The topological polar surface area (TPSA) is 70.2 Å². The third-order valence-corrected chi connectivity index (χ3v) is 6.00. The number of amides is 1. The molecule has 1 heterocycles. The number of aromatic hydroxyl groups is 1. The Kier molecular flexibility index (Phi) is 8.59. The summed E-state index contributed by atoms with van der Waals surface area (Å²) in [5, 5.41) is 19.9. The van der Waals surface area contributed by atoms with E-state index in [1.165, 1.54) is 0 Å². The summed E-state index contributed by atoms with van der Waals surface area (Å²) >= 11 is 3.50. The molecule has 0 spiro atoms. The molecule has 0 saturated carbocycles. The van der Waals surface area contributed by atoms with Crippen LogP contribution in [0.3, 0.4) is 0 Å². The second-order valence-electron chi connectivity index (χ2n) is 8.10. The number of hydrogen-bond acceptors (Lipinski definition) is 4. The minimum absolute atomic E-state index is 0.0246. The average molecular weight is 499 g/mol. The van der Waals surface area contributed by atoms with Crippen molar-refractivity contribution in [3.8, 4) is 5.88 Å². The van der Waals surface area contributed by atoms with Crippen LogP contribution in [0.25, 0.3) is 10.9 Å². The Bertz CT molecular complexity index is 1080. The van der Waals surface area contributed by atoms with Gasteiger partial charge < -0.3 is 5.11 Å². The predicted molar refractivity (Wildman–Crippen MR) is 133 cm³/mol. The van der Waals surface area contributed by atoms with Crippen LogP contribution >= 0.6 is 15.9 Å². The summed E-state index contributed by atoms with van der Waals surface area (Å²) < 4.78 is 2.73. The first kappa shape index (κ1) is 24.1. The number of azo groups is 1. The second kappa shape index (κ2) is 11.4. The highest BCUT2D eigenvalue weighted by Crippen LogP contribution is 2.40. The van der Waals surface area contributed by atoms with Crippen molar-refractivity contribution in [3.63, 3.8) is 0 Å². The van der Waals surface area contributed by atoms with Crippen LogP contribution in [0.4, 0.5) is 5.69 Å². The number of unbranched alkanes of at least 4 members (excludes halogenated alkanes) is 2. The zero-order valence-electron chi connectivity index (χ0n) is 19.0. The van der Waals surface area contributed by atoms with Gasteiger partial charge in [0.1, 0.15) is 0 Å². The van der Waals surface area contributed by atoms with Gasteiger partial charge in [-0.05, 0) is 63.2 Å². The lowest BCUT2D eigenvalue weighted by atomic mass is 10.1. The number of halogens is 1. The fourth-order valence-electron chi connectivity index (χ4n) is 3.60. The van der Waals surface area contributed by atoms with Crippen molar-refractivity contribution in [3.05, 3.63) is 58.1 Å². The molecule has 0 aliphatic rings. The summed E-state index contributed by atoms with van der Waals surface area (Å²) in [4.78, 5) is 14.9. The maximum Gasteiger partial charge on any atom is 0.295 e. The molecule has 0 fully saturated rings. The molecular weight excluding hydrogens is 468 g/mol. The van der Waals surface area contributed by atoms with Crippen LogP contribution < -0.4 is 0 Å². The van der Waals surface area contributed by atoms with Gasteiger partial charge >= 0.3 is 0 Å². The molecule has 3 aromatic rings. The van der Waals surface area contributed by atoms with Crippen LogP contribution in [0.5, 0.6) is 5.88 Å². The van der Waals surface area contributed by atoms with E-state index in [0.29, 0.717) is 17.9 Å². The summed E-state index contributed by atoms with van der Waals surface area (Å²) in [6.07, 6.45) is 4.45. The number of rotatable bonds is 10. The third-order valence-electron chi connectivity index (χ3n) is 5.51. The monoisotopic (exact) mass is 498 g/mol. The van der Waals surface area contributed by atoms with Crippen LogP contribution in [0.1, 0.15) is 55.5 Å². The number of hydrogen-bond donors (Lipinski definition) is 1. The van der Waals surface area contributed by atoms with Crippen LogP contribution in [-0.4, -0.2) is 33.6 Å². The highest BCUT2D eigenvalue weighted by Gasteiger charge is 2.19. The fraction of sp³-hybridized carbons (Fsp3) is 0.400. The maximum absolute atomic E-state index is 12.5. The minimum atomic E-state index is -0.437. The molecule has 1 aromatic heterocycles. The van der Waals surface area contributed by atoms with Crippen molar-refractivity contribution in [1.29, 1.82) is 0 Å². The molecule has 170 valence electrons. The van der Waals surface area contributed by atoms with Crippen molar-refractivity contribution in [2.24, 2.45) is 10.2 Å². The Morgan fingerprint density at radius 2 is 1.72 bits per heavy atom. The zero-order valence-corrected chi connectivity index (χ0v) is 20.6. The molecule has 1 N–H and O–H groups in total. The highest BCUT2D eigenvalue weighted by molar-refractivity contribution is 9.10. The molecular formula is C25H31BrN4O2. The van der Waals surface area contributed by atoms with Gasteiger partial charge in [0.15, 0.2) is 5.69 Å². The van der Waals surface area contributed by atoms with Gasteiger partial charge in [0.05, 0.1) is 12.2 Å². The van der Waals surface area contributed by atoms with Crippen molar-refractivity contribution in [2.75, 3.05) is 13.1 Å². The molecule has 2 aromatic carbocycles. The summed E-state index contributed by atoms with van der Waals surface area (Å²) in [6, 6.07) is 13.0. The fourth-order valence-corrected chi connectivity index (χ4v) is 3.96. The zero-order chi connectivity index (χ0) is 23.1. The maximum atomic E-state index is 12.5. The van der Waals surface area contributed by atoms with Crippen LogP contribution in [-0.2, 0) is 6.67 Å². The molecule has 0 radical (unpaired) electrons. The standard InChI is InChI=1S/C25H31BrN4O2/c1-4-6-14-29(15-7-5-2)17-30-22-13-12-20(26)16-21(22)23(25(30)32)27-28-24(31)19-10-8-18(3)9-11-19/h8-13,16,32H,4-7,14-15,17H2,1-3H3. The largest absolute Gasteiger partial charge is 0.493 e. The van der Waals surface area contributed by atoms with Gasteiger partial charge in [0, 0.05) is 15.4 Å². The van der Waals surface area contributed by atoms with Crippen molar-refractivity contribution in [2.45, 2.75) is 53.1 Å². The van der Waals surface area contributed by atoms with Crippen molar-refractivity contribution in [1.82, 2.24) is 9.47 Å². The van der Waals surface area contributed by atoms with E-state index >= 15 is 0 Å². The van der Waals surface area contributed by atoms with E-state index in [9.17, 15) is 9.90 Å². The Hall–Kier alpha value is -2.51. The molecule has 3 rings (SSSR count). The lowest BCUT2D eigenvalue weighted by molar-refractivity contribution is 0.0995. The van der Waals surface area contributed by atoms with Crippen molar-refractivity contribution < 1.29 is 9.90 Å². The number of fused-ring (bicyclic) bond motifs is 1. The van der Waals surface area contributed by atoms with Gasteiger partial charge in [0.2, 0.25) is 5.88 Å². The highest BCUT2D eigenvalue weighted by atomic mass is 79.9. The van der Waals surface area contributed by atoms with E-state index in [4.69, 9.17) is 0 Å². The lowest BCUT2D eigenvalue weighted by Crippen LogP contribution is -2.28. The predicted octanol–water partition coefficient (Wildman–Crippen LogP) is 7.20. The smallest absolute Gasteiger partial charge is 0.295 e. The lowest BCUT2D eigenvalue weighted by Gasteiger charge is -2.23. The first-order chi connectivity index (χ1) is 15.4. The van der Waals surface area contributed by atoms with Gasteiger partial charge in [-0.2, -0.15) is 0 Å². The van der Waals surface area contributed by atoms with E-state index in [0.717, 1.165) is 59.7 Å². The molecule has 7 heteroatoms. The summed E-state index contributed by atoms with van der Waals surface area (Å²) in [5.41, 5.74) is 2.71. The molecule has 0 atom stereocenters. The van der Waals surface area contributed by atoms with Gasteiger partial charge in [-0.25, -0.2) is 0 Å². The van der Waals surface area contributed by atoms with Crippen molar-refractivity contribution >= 4 is 38.4 Å². The second-order valence-corrected chi connectivity index (χ2v) is 9.02. The van der Waals surface area contributed by atoms with Crippen LogP contribution in [0.2, 0.25) is 0 Å². The Morgan fingerprint density at radius 3 is 2.34 bits per heavy atom. The van der Waals surface area contributed by atoms with Gasteiger partial charge in [-0.1, -0.05) is 60.3 Å². The Labute approximate surface area is 198 Å².